The number of hydrogen-bond acceptors (Lipinski definition) is 5. The lowest BCUT2D eigenvalue weighted by molar-refractivity contribution is -0.117. The van der Waals surface area contributed by atoms with Gasteiger partial charge in [-0.05, 0) is 38.5 Å². The smallest absolute Gasteiger partial charge is 0.232 e. The summed E-state index contributed by atoms with van der Waals surface area (Å²) in [6.45, 7) is 1.85. The van der Waals surface area contributed by atoms with Crippen LogP contribution < -0.4 is 15.4 Å². The van der Waals surface area contributed by atoms with Crippen molar-refractivity contribution in [3.05, 3.63) is 11.8 Å². The summed E-state index contributed by atoms with van der Waals surface area (Å²) in [6.07, 6.45) is 5.25. The van der Waals surface area contributed by atoms with E-state index in [0.717, 1.165) is 18.5 Å². The number of amides is 1. The van der Waals surface area contributed by atoms with Crippen LogP contribution in [0.1, 0.15) is 37.8 Å². The van der Waals surface area contributed by atoms with Crippen molar-refractivity contribution >= 4 is 11.9 Å². The molecule has 1 aromatic rings. The number of carbonyl (C=O) groups excluding carboxylic acids is 1. The number of fused-ring (bicyclic) bond motifs is 2. The first kappa shape index (κ1) is 14.3. The van der Waals surface area contributed by atoms with Gasteiger partial charge < -0.3 is 10.1 Å². The van der Waals surface area contributed by atoms with Crippen LogP contribution in [0.5, 0.6) is 5.88 Å². The highest BCUT2D eigenvalue weighted by Crippen LogP contribution is 2.32. The molecule has 2 atom stereocenters. The van der Waals surface area contributed by atoms with Crippen molar-refractivity contribution in [3.8, 4) is 5.88 Å². The fraction of sp³-hybridized carbons (Fsp3) is 0.667. The molecule has 0 aromatic carbocycles. The number of aryl methyl sites for hydroxylation is 1. The third-order valence-corrected chi connectivity index (χ3v) is 4.34. The predicted octanol–water partition coefficient (Wildman–Crippen LogP) is 1.65. The molecule has 1 aromatic heterocycles. The minimum absolute atomic E-state index is 0.00560. The number of methoxy groups -OCH3 is 1. The van der Waals surface area contributed by atoms with Gasteiger partial charge in [-0.15, -0.1) is 0 Å². The van der Waals surface area contributed by atoms with E-state index >= 15 is 0 Å². The van der Waals surface area contributed by atoms with Gasteiger partial charge in [0.2, 0.25) is 17.7 Å². The molecule has 2 bridgehead atoms. The van der Waals surface area contributed by atoms with Gasteiger partial charge in [0.1, 0.15) is 0 Å². The lowest BCUT2D eigenvalue weighted by atomic mass is 9.89. The number of rotatable bonds is 4. The largest absolute Gasteiger partial charge is 0.481 e. The highest BCUT2D eigenvalue weighted by atomic mass is 16.5. The molecule has 0 spiro atoms. The number of nitrogens with one attached hydrogen (secondary N) is 2. The summed E-state index contributed by atoms with van der Waals surface area (Å²) in [7, 11) is 1.55. The van der Waals surface area contributed by atoms with E-state index in [1.807, 2.05) is 6.92 Å². The molecular weight excluding hydrogens is 268 g/mol. The molecule has 2 fully saturated rings. The molecule has 1 amide bonds. The summed E-state index contributed by atoms with van der Waals surface area (Å²) in [5.41, 5.74) is 0.775. The molecule has 3 heterocycles. The van der Waals surface area contributed by atoms with E-state index in [1.165, 1.54) is 12.8 Å². The van der Waals surface area contributed by atoms with E-state index < -0.39 is 0 Å². The van der Waals surface area contributed by atoms with Gasteiger partial charge in [-0.3, -0.25) is 10.1 Å². The van der Waals surface area contributed by atoms with Crippen LogP contribution in [-0.2, 0) is 4.79 Å². The highest BCUT2D eigenvalue weighted by Gasteiger charge is 2.34. The number of piperidine rings is 1. The summed E-state index contributed by atoms with van der Waals surface area (Å²) in [5, 5.41) is 6.39. The second-order valence-corrected chi connectivity index (χ2v) is 6.10. The first-order valence-corrected chi connectivity index (χ1v) is 7.58. The van der Waals surface area contributed by atoms with Gasteiger partial charge in [0.15, 0.2) is 0 Å². The van der Waals surface area contributed by atoms with Gasteiger partial charge in [0.05, 0.1) is 7.11 Å². The van der Waals surface area contributed by atoms with Crippen LogP contribution in [-0.4, -0.2) is 35.1 Å². The average Bonchev–Trinajstić information content (AvgIpc) is 2.77. The molecule has 2 aliphatic rings. The summed E-state index contributed by atoms with van der Waals surface area (Å²) >= 11 is 0. The average molecular weight is 290 g/mol. The van der Waals surface area contributed by atoms with Crippen LogP contribution in [0.2, 0.25) is 0 Å². The van der Waals surface area contributed by atoms with Crippen molar-refractivity contribution in [3.63, 3.8) is 0 Å². The van der Waals surface area contributed by atoms with Crippen molar-refractivity contribution in [1.29, 1.82) is 0 Å². The molecule has 0 radical (unpaired) electrons. The Morgan fingerprint density at radius 2 is 2.10 bits per heavy atom. The Kier molecular flexibility index (Phi) is 4.05. The van der Waals surface area contributed by atoms with Gasteiger partial charge in [-0.1, -0.05) is 0 Å². The number of ether oxygens (including phenoxy) is 1. The Morgan fingerprint density at radius 3 is 2.76 bits per heavy atom. The molecule has 0 aliphatic carbocycles. The molecule has 21 heavy (non-hydrogen) atoms. The van der Waals surface area contributed by atoms with Crippen LogP contribution in [0.15, 0.2) is 6.07 Å². The maximum Gasteiger partial charge on any atom is 0.232 e. The molecule has 6 heteroatoms. The van der Waals surface area contributed by atoms with Crippen molar-refractivity contribution in [2.75, 3.05) is 12.4 Å². The Balaban J connectivity index is 1.58. The van der Waals surface area contributed by atoms with Crippen LogP contribution in [0, 0.1) is 12.8 Å². The summed E-state index contributed by atoms with van der Waals surface area (Å²) in [4.78, 5) is 20.5. The number of carbonyl (C=O) groups is 1. The van der Waals surface area contributed by atoms with E-state index in [1.54, 1.807) is 13.2 Å². The van der Waals surface area contributed by atoms with E-state index in [2.05, 4.69) is 20.6 Å². The zero-order valence-corrected chi connectivity index (χ0v) is 12.6. The van der Waals surface area contributed by atoms with E-state index in [-0.39, 0.29) is 5.91 Å². The van der Waals surface area contributed by atoms with Crippen LogP contribution in [0.3, 0.4) is 0 Å². The van der Waals surface area contributed by atoms with Crippen LogP contribution >= 0.6 is 0 Å². The third-order valence-electron chi connectivity index (χ3n) is 4.34. The Hall–Kier alpha value is -1.69. The van der Waals surface area contributed by atoms with E-state index in [4.69, 9.17) is 4.74 Å². The van der Waals surface area contributed by atoms with Crippen molar-refractivity contribution in [2.45, 2.75) is 51.1 Å². The molecule has 2 unspecified atom stereocenters. The minimum atomic E-state index is -0.00560. The lowest BCUT2D eigenvalue weighted by Gasteiger charge is -2.28. The van der Waals surface area contributed by atoms with E-state index in [9.17, 15) is 4.79 Å². The fourth-order valence-corrected chi connectivity index (χ4v) is 3.48. The zero-order valence-electron chi connectivity index (χ0n) is 12.6. The van der Waals surface area contributed by atoms with E-state index in [0.29, 0.717) is 36.3 Å². The third kappa shape index (κ3) is 3.50. The number of anilines is 1. The first-order chi connectivity index (χ1) is 10.1. The van der Waals surface area contributed by atoms with Crippen molar-refractivity contribution < 1.29 is 9.53 Å². The Morgan fingerprint density at radius 1 is 1.38 bits per heavy atom. The standard InChI is InChI=1S/C15H22N4O2/c1-9-5-14(21-2)19-15(16-9)18-13(20)8-10-6-11-3-4-12(7-10)17-11/h5,10-12,17H,3-4,6-8H2,1-2H3,(H,16,18,19,20). The first-order valence-electron chi connectivity index (χ1n) is 7.58. The molecule has 2 N–H and O–H groups in total. The summed E-state index contributed by atoms with van der Waals surface area (Å²) in [5.74, 6) is 1.26. The Bertz CT molecular complexity index is 522. The maximum atomic E-state index is 12.2. The molecule has 6 nitrogen and oxygen atoms in total. The maximum absolute atomic E-state index is 12.2. The van der Waals surface area contributed by atoms with Crippen LogP contribution in [0.4, 0.5) is 5.95 Å². The molecule has 2 saturated heterocycles. The zero-order chi connectivity index (χ0) is 14.8. The van der Waals surface area contributed by atoms with Gasteiger partial charge in [0, 0.05) is 30.3 Å². The van der Waals surface area contributed by atoms with Gasteiger partial charge in [-0.2, -0.15) is 4.98 Å². The summed E-state index contributed by atoms with van der Waals surface area (Å²) < 4.78 is 5.09. The predicted molar refractivity (Wildman–Crippen MR) is 79.2 cm³/mol. The SMILES string of the molecule is COc1cc(C)nc(NC(=O)CC2CC3CCC(C2)N3)n1. The normalized spacial score (nSPS) is 27.4. The molecule has 3 rings (SSSR count). The lowest BCUT2D eigenvalue weighted by Crippen LogP contribution is -2.39. The van der Waals surface area contributed by atoms with Crippen molar-refractivity contribution in [2.24, 2.45) is 5.92 Å². The fourth-order valence-electron chi connectivity index (χ4n) is 3.48. The molecule has 114 valence electrons. The highest BCUT2D eigenvalue weighted by molar-refractivity contribution is 5.89. The summed E-state index contributed by atoms with van der Waals surface area (Å²) in [6, 6.07) is 2.95. The number of hydrogen-bond donors (Lipinski definition) is 2. The van der Waals surface area contributed by atoms with Crippen LogP contribution in [0.25, 0.3) is 0 Å². The van der Waals surface area contributed by atoms with Crippen molar-refractivity contribution in [1.82, 2.24) is 15.3 Å². The quantitative estimate of drug-likeness (QED) is 0.882. The second-order valence-electron chi connectivity index (χ2n) is 6.10. The molecule has 2 aliphatic heterocycles. The molecule has 0 saturated carbocycles. The van der Waals surface area contributed by atoms with Gasteiger partial charge >= 0.3 is 0 Å². The second kappa shape index (κ2) is 5.97. The topological polar surface area (TPSA) is 76.1 Å². The molecular formula is C15H22N4O2. The number of aromatic nitrogens is 2. The monoisotopic (exact) mass is 290 g/mol. The Labute approximate surface area is 124 Å². The van der Waals surface area contributed by atoms with Gasteiger partial charge in [-0.25, -0.2) is 4.98 Å². The number of nitrogens with zero attached hydrogens (tertiary/aromatic N) is 2. The van der Waals surface area contributed by atoms with Gasteiger partial charge in [0.25, 0.3) is 0 Å². The minimum Gasteiger partial charge on any atom is -0.481 e.